The van der Waals surface area contributed by atoms with Crippen LogP contribution in [0.2, 0.25) is 5.02 Å². The van der Waals surface area contributed by atoms with Gasteiger partial charge in [0, 0.05) is 18.6 Å². The number of hydrogen-bond acceptors (Lipinski definition) is 2. The third-order valence-electron chi connectivity index (χ3n) is 1.90. The summed E-state index contributed by atoms with van der Waals surface area (Å²) in [5, 5.41) is 9.01. The quantitative estimate of drug-likeness (QED) is 0.569. The molecular weight excluding hydrogens is 203 g/mol. The van der Waals surface area contributed by atoms with E-state index >= 15 is 0 Å². The summed E-state index contributed by atoms with van der Waals surface area (Å²) < 4.78 is 13.2. The second kappa shape index (κ2) is 4.83. The van der Waals surface area contributed by atoms with Crippen LogP contribution in [0.15, 0.2) is 18.2 Å². The van der Waals surface area contributed by atoms with Crippen molar-refractivity contribution in [2.75, 3.05) is 13.6 Å². The third kappa shape index (κ3) is 2.90. The molecule has 0 atom stereocenters. The van der Waals surface area contributed by atoms with E-state index in [0.717, 1.165) is 0 Å². The Balaban J connectivity index is 2.67. The molecule has 0 saturated carbocycles. The van der Waals surface area contributed by atoms with Crippen molar-refractivity contribution in [1.82, 2.24) is 4.90 Å². The van der Waals surface area contributed by atoms with Crippen molar-refractivity contribution in [3.63, 3.8) is 0 Å². The largest absolute Gasteiger partial charge is 0.313 e. The van der Waals surface area contributed by atoms with Gasteiger partial charge in [-0.2, -0.15) is 5.26 Å². The zero-order chi connectivity index (χ0) is 10.6. The van der Waals surface area contributed by atoms with E-state index in [1.807, 2.05) is 6.19 Å². The number of likely N-dealkylation sites (N-methyl/N-ethyl adjacent to an activating group) is 1. The molecule has 0 spiro atoms. The maximum Gasteiger partial charge on any atom is 0.179 e. The van der Waals surface area contributed by atoms with Crippen molar-refractivity contribution in [2.45, 2.75) is 6.42 Å². The minimum atomic E-state index is -0.277. The molecule has 0 aliphatic heterocycles. The summed E-state index contributed by atoms with van der Waals surface area (Å²) in [5.74, 6) is -0.277. The molecule has 0 aliphatic rings. The van der Waals surface area contributed by atoms with Crippen LogP contribution in [0.1, 0.15) is 5.56 Å². The first-order valence-electron chi connectivity index (χ1n) is 4.18. The number of halogens is 2. The predicted molar refractivity (Wildman–Crippen MR) is 53.4 cm³/mol. The van der Waals surface area contributed by atoms with E-state index in [1.165, 1.54) is 17.0 Å². The molecule has 1 aromatic rings. The molecule has 0 aromatic heterocycles. The maximum absolute atomic E-state index is 13.2. The monoisotopic (exact) mass is 212 g/mol. The molecule has 0 saturated heterocycles. The number of rotatable bonds is 3. The molecule has 0 bridgehead atoms. The Morgan fingerprint density at radius 2 is 2.29 bits per heavy atom. The first-order chi connectivity index (χ1) is 6.63. The van der Waals surface area contributed by atoms with E-state index in [-0.39, 0.29) is 5.82 Å². The van der Waals surface area contributed by atoms with Crippen LogP contribution >= 0.6 is 11.6 Å². The fourth-order valence-corrected chi connectivity index (χ4v) is 1.27. The van der Waals surface area contributed by atoms with Crippen LogP contribution < -0.4 is 0 Å². The Kier molecular flexibility index (Phi) is 3.73. The first kappa shape index (κ1) is 10.8. The zero-order valence-corrected chi connectivity index (χ0v) is 8.55. The van der Waals surface area contributed by atoms with Gasteiger partial charge in [0.1, 0.15) is 5.82 Å². The number of nitriles is 1. The van der Waals surface area contributed by atoms with Crippen LogP contribution in [0.3, 0.4) is 0 Å². The average Bonchev–Trinajstić information content (AvgIpc) is 2.19. The van der Waals surface area contributed by atoms with E-state index in [9.17, 15) is 4.39 Å². The van der Waals surface area contributed by atoms with Crippen LogP contribution in [0.4, 0.5) is 4.39 Å². The van der Waals surface area contributed by atoms with Gasteiger partial charge in [-0.05, 0) is 30.2 Å². The van der Waals surface area contributed by atoms with Gasteiger partial charge in [0.05, 0.1) is 0 Å². The summed E-state index contributed by atoms with van der Waals surface area (Å²) in [7, 11) is 1.66. The van der Waals surface area contributed by atoms with Crippen molar-refractivity contribution in [3.05, 3.63) is 34.6 Å². The Morgan fingerprint density at radius 1 is 1.57 bits per heavy atom. The molecule has 0 aliphatic carbocycles. The lowest BCUT2D eigenvalue weighted by Crippen LogP contribution is -2.15. The van der Waals surface area contributed by atoms with Crippen LogP contribution in [0.5, 0.6) is 0 Å². The van der Waals surface area contributed by atoms with E-state index in [2.05, 4.69) is 0 Å². The summed E-state index contributed by atoms with van der Waals surface area (Å²) >= 11 is 5.72. The molecule has 0 unspecified atom stereocenters. The summed E-state index contributed by atoms with van der Waals surface area (Å²) in [4.78, 5) is 1.44. The smallest absolute Gasteiger partial charge is 0.179 e. The fraction of sp³-hybridized carbons (Fsp3) is 0.300. The molecule has 4 heteroatoms. The number of nitrogens with zero attached hydrogens (tertiary/aromatic N) is 2. The van der Waals surface area contributed by atoms with E-state index in [1.54, 1.807) is 13.1 Å². The molecule has 2 nitrogen and oxygen atoms in total. The lowest BCUT2D eigenvalue weighted by Gasteiger charge is -2.08. The van der Waals surface area contributed by atoms with Crippen molar-refractivity contribution in [2.24, 2.45) is 0 Å². The lowest BCUT2D eigenvalue weighted by molar-refractivity contribution is 0.472. The van der Waals surface area contributed by atoms with Crippen LogP contribution in [0, 0.1) is 17.3 Å². The van der Waals surface area contributed by atoms with Gasteiger partial charge in [-0.15, -0.1) is 0 Å². The van der Waals surface area contributed by atoms with Crippen molar-refractivity contribution in [1.29, 1.82) is 5.26 Å². The Morgan fingerprint density at radius 3 is 2.93 bits per heavy atom. The molecule has 0 heterocycles. The van der Waals surface area contributed by atoms with Gasteiger partial charge < -0.3 is 4.90 Å². The molecule has 0 N–H and O–H groups in total. The normalized spacial score (nSPS) is 9.57. The first-order valence-corrected chi connectivity index (χ1v) is 4.56. The van der Waals surface area contributed by atoms with E-state index in [4.69, 9.17) is 16.9 Å². The molecule has 1 rings (SSSR count). The Hall–Kier alpha value is -1.27. The van der Waals surface area contributed by atoms with Crippen molar-refractivity contribution < 1.29 is 4.39 Å². The van der Waals surface area contributed by atoms with Crippen molar-refractivity contribution in [3.8, 4) is 6.19 Å². The highest BCUT2D eigenvalue weighted by Crippen LogP contribution is 2.15. The molecule has 74 valence electrons. The zero-order valence-electron chi connectivity index (χ0n) is 7.80. The van der Waals surface area contributed by atoms with Gasteiger partial charge in [-0.25, -0.2) is 4.39 Å². The molecule has 0 fully saturated rings. The predicted octanol–water partition coefficient (Wildman–Crippen LogP) is 2.43. The van der Waals surface area contributed by atoms with Gasteiger partial charge in [0.25, 0.3) is 0 Å². The Bertz CT molecular complexity index is 360. The summed E-state index contributed by atoms with van der Waals surface area (Å²) in [6.07, 6.45) is 2.43. The van der Waals surface area contributed by atoms with Gasteiger partial charge in [0.2, 0.25) is 0 Å². The van der Waals surface area contributed by atoms with Crippen molar-refractivity contribution >= 4 is 11.6 Å². The lowest BCUT2D eigenvalue weighted by atomic mass is 10.1. The van der Waals surface area contributed by atoms with Gasteiger partial charge >= 0.3 is 0 Å². The summed E-state index contributed by atoms with van der Waals surface area (Å²) in [6, 6.07) is 4.43. The van der Waals surface area contributed by atoms with E-state index in [0.29, 0.717) is 23.6 Å². The second-order valence-electron chi connectivity index (χ2n) is 3.01. The van der Waals surface area contributed by atoms with Gasteiger partial charge in [-0.1, -0.05) is 11.6 Å². The number of benzene rings is 1. The standard InChI is InChI=1S/C10H10ClFN2/c1-14(7-13)5-4-8-6-9(11)2-3-10(8)12/h2-3,6H,4-5H2,1H3. The molecular formula is C10H10ClFN2. The second-order valence-corrected chi connectivity index (χ2v) is 3.44. The topological polar surface area (TPSA) is 27.0 Å². The Labute approximate surface area is 87.5 Å². The van der Waals surface area contributed by atoms with Crippen LogP contribution in [-0.4, -0.2) is 18.5 Å². The van der Waals surface area contributed by atoms with Crippen LogP contribution in [-0.2, 0) is 6.42 Å². The average molecular weight is 213 g/mol. The highest BCUT2D eigenvalue weighted by atomic mass is 35.5. The van der Waals surface area contributed by atoms with Crippen LogP contribution in [0.25, 0.3) is 0 Å². The molecule has 14 heavy (non-hydrogen) atoms. The van der Waals surface area contributed by atoms with E-state index < -0.39 is 0 Å². The summed E-state index contributed by atoms with van der Waals surface area (Å²) in [6.45, 7) is 0.494. The fourth-order valence-electron chi connectivity index (χ4n) is 1.07. The molecule has 0 amide bonds. The highest BCUT2D eigenvalue weighted by molar-refractivity contribution is 6.30. The number of hydrogen-bond donors (Lipinski definition) is 0. The third-order valence-corrected chi connectivity index (χ3v) is 2.13. The highest BCUT2D eigenvalue weighted by Gasteiger charge is 2.03. The van der Waals surface area contributed by atoms with Gasteiger partial charge in [0.15, 0.2) is 6.19 Å². The molecule has 1 aromatic carbocycles. The SMILES string of the molecule is CN(C#N)CCc1cc(Cl)ccc1F. The minimum absolute atomic E-state index is 0.277. The van der Waals surface area contributed by atoms with Gasteiger partial charge in [-0.3, -0.25) is 0 Å². The minimum Gasteiger partial charge on any atom is -0.313 e. The summed E-state index contributed by atoms with van der Waals surface area (Å²) in [5.41, 5.74) is 0.541. The molecule has 0 radical (unpaired) electrons. The maximum atomic E-state index is 13.2.